The number of benzene rings is 2. The smallest absolute Gasteiger partial charge is 0.321 e. The molecule has 0 amide bonds. The van der Waals surface area contributed by atoms with Crippen molar-refractivity contribution < 1.29 is 27.4 Å². The minimum Gasteiger partial charge on any atom is -0.497 e. The van der Waals surface area contributed by atoms with Crippen LogP contribution in [0, 0.1) is 0 Å². The molecule has 10 nitrogen and oxygen atoms in total. The number of sulfonamides is 1. The number of ketones is 1. The summed E-state index contributed by atoms with van der Waals surface area (Å²) in [6.07, 6.45) is 2.86. The first-order valence-corrected chi connectivity index (χ1v) is 11.0. The Balaban J connectivity index is 1.65. The fourth-order valence-corrected chi connectivity index (χ4v) is 3.64. The zero-order valence-electron chi connectivity index (χ0n) is 18.1. The van der Waals surface area contributed by atoms with Crippen LogP contribution < -0.4 is 24.2 Å². The topological polar surface area (TPSA) is 129 Å². The third-order valence-electron chi connectivity index (χ3n) is 4.34. The highest BCUT2D eigenvalue weighted by molar-refractivity contribution is 7.92. The third-order valence-corrected chi connectivity index (χ3v) is 5.71. The monoisotopic (exact) mass is 470 g/mol. The molecule has 33 heavy (non-hydrogen) atoms. The van der Waals surface area contributed by atoms with Crippen LogP contribution in [0.3, 0.4) is 0 Å². The Labute approximate surface area is 191 Å². The highest BCUT2D eigenvalue weighted by atomic mass is 32.2. The van der Waals surface area contributed by atoms with Gasteiger partial charge in [-0.15, -0.1) is 0 Å². The summed E-state index contributed by atoms with van der Waals surface area (Å²) in [5, 5.41) is 2.93. The minimum absolute atomic E-state index is 0.000814. The summed E-state index contributed by atoms with van der Waals surface area (Å²) in [5.41, 5.74) is 1.11. The molecular weight excluding hydrogens is 448 g/mol. The highest BCUT2D eigenvalue weighted by Crippen LogP contribution is 2.21. The summed E-state index contributed by atoms with van der Waals surface area (Å²) < 4.78 is 42.7. The van der Waals surface area contributed by atoms with Gasteiger partial charge in [0.1, 0.15) is 5.75 Å². The van der Waals surface area contributed by atoms with Gasteiger partial charge in [-0.25, -0.2) is 8.42 Å². The number of nitrogens with one attached hydrogen (secondary N) is 2. The Kier molecular flexibility index (Phi) is 7.46. The van der Waals surface area contributed by atoms with E-state index < -0.39 is 10.0 Å². The molecule has 0 bridgehead atoms. The number of aromatic nitrogens is 2. The van der Waals surface area contributed by atoms with E-state index in [0.29, 0.717) is 17.0 Å². The van der Waals surface area contributed by atoms with Gasteiger partial charge >= 0.3 is 6.01 Å². The van der Waals surface area contributed by atoms with Gasteiger partial charge in [-0.05, 0) is 48.5 Å². The second-order valence-corrected chi connectivity index (χ2v) is 8.16. The van der Waals surface area contributed by atoms with Crippen LogP contribution in [-0.2, 0) is 10.0 Å². The maximum absolute atomic E-state index is 12.7. The van der Waals surface area contributed by atoms with Gasteiger partial charge in [0.05, 0.1) is 26.2 Å². The quantitative estimate of drug-likeness (QED) is 0.339. The Morgan fingerprint density at radius 3 is 2.21 bits per heavy atom. The maximum Gasteiger partial charge on any atom is 0.321 e. The summed E-state index contributed by atoms with van der Waals surface area (Å²) in [6, 6.07) is 14.0. The lowest BCUT2D eigenvalue weighted by Gasteiger charge is -2.10. The van der Waals surface area contributed by atoms with E-state index in [1.165, 1.54) is 44.7 Å². The first-order chi connectivity index (χ1) is 15.8. The summed E-state index contributed by atoms with van der Waals surface area (Å²) in [4.78, 5) is 20.1. The van der Waals surface area contributed by atoms with Crippen molar-refractivity contribution >= 4 is 27.3 Å². The van der Waals surface area contributed by atoms with Crippen LogP contribution in [0.15, 0.2) is 71.8 Å². The van der Waals surface area contributed by atoms with Gasteiger partial charge in [0.2, 0.25) is 5.88 Å². The van der Waals surface area contributed by atoms with Gasteiger partial charge in [0, 0.05) is 29.6 Å². The number of ether oxygens (including phenoxy) is 3. The second-order valence-electron chi connectivity index (χ2n) is 6.48. The molecule has 0 radical (unpaired) electrons. The lowest BCUT2D eigenvalue weighted by Crippen LogP contribution is -2.14. The van der Waals surface area contributed by atoms with Gasteiger partial charge in [0.15, 0.2) is 11.6 Å². The molecule has 0 saturated carbocycles. The Morgan fingerprint density at radius 1 is 0.909 bits per heavy atom. The molecule has 0 saturated heterocycles. The molecular formula is C22H22N4O6S. The predicted molar refractivity (Wildman–Crippen MR) is 122 cm³/mol. The van der Waals surface area contributed by atoms with Crippen LogP contribution in [0.2, 0.25) is 0 Å². The number of carbonyl (C=O) groups excluding carboxylic acids is 1. The van der Waals surface area contributed by atoms with Crippen LogP contribution in [0.25, 0.3) is 0 Å². The van der Waals surface area contributed by atoms with Crippen LogP contribution >= 0.6 is 0 Å². The summed E-state index contributed by atoms with van der Waals surface area (Å²) in [6.45, 7) is 0. The van der Waals surface area contributed by atoms with Crippen molar-refractivity contribution in [3.8, 4) is 17.6 Å². The van der Waals surface area contributed by atoms with Crippen molar-refractivity contribution in [1.29, 1.82) is 0 Å². The van der Waals surface area contributed by atoms with Gasteiger partial charge in [-0.1, -0.05) is 0 Å². The van der Waals surface area contributed by atoms with Crippen molar-refractivity contribution in [1.82, 2.24) is 9.97 Å². The molecule has 1 aromatic heterocycles. The molecule has 1 heterocycles. The van der Waals surface area contributed by atoms with E-state index in [9.17, 15) is 13.2 Å². The molecule has 0 atom stereocenters. The van der Waals surface area contributed by atoms with Crippen molar-refractivity contribution in [3.05, 3.63) is 72.4 Å². The zero-order valence-corrected chi connectivity index (χ0v) is 18.9. The SMILES string of the molecule is COc1ccc(C(=O)C=CNc2ccc(S(=O)(=O)Nc3cc(OC)nc(OC)n3)cc2)cc1. The van der Waals surface area contributed by atoms with Gasteiger partial charge in [-0.2, -0.15) is 9.97 Å². The van der Waals surface area contributed by atoms with Crippen molar-refractivity contribution in [3.63, 3.8) is 0 Å². The number of carbonyl (C=O) groups is 1. The number of allylic oxidation sites excluding steroid dienone is 1. The van der Waals surface area contributed by atoms with E-state index in [1.807, 2.05) is 0 Å². The molecule has 11 heteroatoms. The van der Waals surface area contributed by atoms with Gasteiger partial charge in [0.25, 0.3) is 10.0 Å². The second kappa shape index (κ2) is 10.5. The summed E-state index contributed by atoms with van der Waals surface area (Å²) in [7, 11) is 0.388. The number of methoxy groups -OCH3 is 3. The Hall–Kier alpha value is -4.12. The minimum atomic E-state index is -3.92. The van der Waals surface area contributed by atoms with E-state index in [4.69, 9.17) is 14.2 Å². The summed E-state index contributed by atoms with van der Waals surface area (Å²) >= 11 is 0. The summed E-state index contributed by atoms with van der Waals surface area (Å²) in [5.74, 6) is 0.622. The zero-order chi connectivity index (χ0) is 23.8. The average Bonchev–Trinajstić information content (AvgIpc) is 2.83. The largest absolute Gasteiger partial charge is 0.497 e. The van der Waals surface area contributed by atoms with E-state index in [1.54, 1.807) is 43.5 Å². The molecule has 172 valence electrons. The van der Waals surface area contributed by atoms with Crippen molar-refractivity contribution in [2.45, 2.75) is 4.90 Å². The van der Waals surface area contributed by atoms with Crippen molar-refractivity contribution in [2.24, 2.45) is 0 Å². The van der Waals surface area contributed by atoms with E-state index in [2.05, 4.69) is 20.0 Å². The predicted octanol–water partition coefficient (Wildman–Crippen LogP) is 3.11. The number of hydrogen-bond donors (Lipinski definition) is 2. The molecule has 0 unspecified atom stereocenters. The molecule has 0 aliphatic carbocycles. The third kappa shape index (κ3) is 6.20. The Bertz CT molecular complexity index is 1220. The van der Waals surface area contributed by atoms with Gasteiger partial charge in [-0.3, -0.25) is 9.52 Å². The van der Waals surface area contributed by atoms with Gasteiger partial charge < -0.3 is 19.5 Å². The molecule has 3 aromatic rings. The fourth-order valence-electron chi connectivity index (χ4n) is 2.64. The highest BCUT2D eigenvalue weighted by Gasteiger charge is 2.16. The molecule has 0 aliphatic heterocycles. The van der Waals surface area contributed by atoms with Crippen LogP contribution in [0.1, 0.15) is 10.4 Å². The van der Waals surface area contributed by atoms with Crippen LogP contribution in [0.4, 0.5) is 11.5 Å². The van der Waals surface area contributed by atoms with Crippen LogP contribution in [-0.4, -0.2) is 45.5 Å². The number of anilines is 2. The normalized spacial score (nSPS) is 11.1. The van der Waals surface area contributed by atoms with E-state index in [0.717, 1.165) is 0 Å². The molecule has 0 aliphatic rings. The molecule has 2 aromatic carbocycles. The average molecular weight is 471 g/mol. The first kappa shape index (κ1) is 23.5. The lowest BCUT2D eigenvalue weighted by molar-refractivity contribution is 0.104. The van der Waals surface area contributed by atoms with E-state index >= 15 is 0 Å². The molecule has 2 N–H and O–H groups in total. The van der Waals surface area contributed by atoms with E-state index in [-0.39, 0.29) is 28.4 Å². The van der Waals surface area contributed by atoms with Crippen LogP contribution in [0.5, 0.6) is 17.6 Å². The molecule has 0 spiro atoms. The fraction of sp³-hybridized carbons (Fsp3) is 0.136. The molecule has 0 fully saturated rings. The number of nitrogens with zero attached hydrogens (tertiary/aromatic N) is 2. The number of rotatable bonds is 10. The standard InChI is InChI=1S/C22H22N4O6S/c1-30-17-8-4-15(5-9-17)19(27)12-13-23-16-6-10-18(11-7-16)33(28,29)26-20-14-21(31-2)25-22(24-20)32-3/h4-14,23H,1-3H3,(H,24,25,26). The number of hydrogen-bond acceptors (Lipinski definition) is 9. The first-order valence-electron chi connectivity index (χ1n) is 9.56. The Morgan fingerprint density at radius 2 is 1.61 bits per heavy atom. The molecule has 3 rings (SSSR count). The van der Waals surface area contributed by atoms with Crippen molar-refractivity contribution in [2.75, 3.05) is 31.4 Å². The lowest BCUT2D eigenvalue weighted by atomic mass is 10.1. The maximum atomic E-state index is 12.7.